The van der Waals surface area contributed by atoms with E-state index >= 15 is 0 Å². The van der Waals surface area contributed by atoms with Gasteiger partial charge in [0.05, 0.1) is 11.6 Å². The highest BCUT2D eigenvalue weighted by Crippen LogP contribution is 2.48. The lowest BCUT2D eigenvalue weighted by Crippen LogP contribution is -2.42. The highest BCUT2D eigenvalue weighted by atomic mass is 32.1. The zero-order chi connectivity index (χ0) is 17.6. The number of hydrogen-bond acceptors (Lipinski definition) is 5. The first-order valence-electron chi connectivity index (χ1n) is 8.27. The van der Waals surface area contributed by atoms with E-state index in [1.54, 1.807) is 0 Å². The Morgan fingerprint density at radius 1 is 1.16 bits per heavy atom. The van der Waals surface area contributed by atoms with Crippen molar-refractivity contribution in [3.8, 4) is 11.3 Å². The van der Waals surface area contributed by atoms with Gasteiger partial charge < -0.3 is 15.2 Å². The number of aryl methyl sites for hydroxylation is 1. The second-order valence-electron chi connectivity index (χ2n) is 6.60. The Labute approximate surface area is 149 Å². The maximum absolute atomic E-state index is 12.7. The van der Waals surface area contributed by atoms with Gasteiger partial charge in [-0.15, -0.1) is 11.3 Å². The number of allylic oxidation sites excluding steroid dienone is 2. The van der Waals surface area contributed by atoms with Crippen molar-refractivity contribution in [1.29, 1.82) is 0 Å². The van der Waals surface area contributed by atoms with Gasteiger partial charge in [0, 0.05) is 22.3 Å². The zero-order valence-electron chi connectivity index (χ0n) is 13.6. The maximum atomic E-state index is 12.7. The molecular formula is C19H17N2O3S-. The lowest BCUT2D eigenvalue weighted by Gasteiger charge is -2.27. The van der Waals surface area contributed by atoms with Crippen LogP contribution in [0.25, 0.3) is 11.3 Å². The molecule has 4 atom stereocenters. The molecule has 2 bridgehead atoms. The third-order valence-electron chi connectivity index (χ3n) is 5.11. The molecule has 25 heavy (non-hydrogen) atoms. The highest BCUT2D eigenvalue weighted by molar-refractivity contribution is 7.16. The Morgan fingerprint density at radius 2 is 1.84 bits per heavy atom. The van der Waals surface area contributed by atoms with E-state index in [0.29, 0.717) is 11.6 Å². The number of fused-ring (bicyclic) bond motifs is 2. The van der Waals surface area contributed by atoms with E-state index in [9.17, 15) is 14.7 Å². The normalized spacial score (nSPS) is 26.8. The van der Waals surface area contributed by atoms with Crippen LogP contribution in [0.1, 0.15) is 11.3 Å². The van der Waals surface area contributed by atoms with Gasteiger partial charge in [-0.2, -0.15) is 0 Å². The SMILES string of the molecule is Cc1sc(NC(=O)[C@H]2[C@@H](C(=O)[O-])[C@H]3C=C[C@H]2C3)nc1-c1ccccc1. The van der Waals surface area contributed by atoms with E-state index < -0.39 is 17.8 Å². The summed E-state index contributed by atoms with van der Waals surface area (Å²) in [6, 6.07) is 9.77. The van der Waals surface area contributed by atoms with Crippen molar-refractivity contribution >= 4 is 28.3 Å². The molecule has 1 aromatic carbocycles. The molecular weight excluding hydrogens is 336 g/mol. The number of carboxylic acid groups (broad SMARTS) is 1. The molecule has 1 heterocycles. The number of nitrogens with zero attached hydrogens (tertiary/aromatic N) is 1. The Balaban J connectivity index is 1.56. The molecule has 4 rings (SSSR count). The Bertz CT molecular complexity index is 859. The van der Waals surface area contributed by atoms with E-state index in [1.165, 1.54) is 11.3 Å². The van der Waals surface area contributed by atoms with Gasteiger partial charge in [0.2, 0.25) is 5.91 Å². The van der Waals surface area contributed by atoms with Gasteiger partial charge in [-0.05, 0) is 25.2 Å². The minimum Gasteiger partial charge on any atom is -0.550 e. The molecule has 0 saturated heterocycles. The summed E-state index contributed by atoms with van der Waals surface area (Å²) >= 11 is 1.40. The predicted molar refractivity (Wildman–Crippen MR) is 93.6 cm³/mol. The van der Waals surface area contributed by atoms with Gasteiger partial charge in [-0.3, -0.25) is 4.79 Å². The maximum Gasteiger partial charge on any atom is 0.230 e. The van der Waals surface area contributed by atoms with E-state index in [4.69, 9.17) is 0 Å². The molecule has 2 aliphatic rings. The Kier molecular flexibility index (Phi) is 3.92. The lowest BCUT2D eigenvalue weighted by atomic mass is 9.82. The molecule has 0 aliphatic heterocycles. The van der Waals surface area contributed by atoms with E-state index in [2.05, 4.69) is 10.3 Å². The number of aromatic nitrogens is 1. The van der Waals surface area contributed by atoms with Crippen LogP contribution >= 0.6 is 11.3 Å². The predicted octanol–water partition coefficient (Wildman–Crippen LogP) is 2.25. The van der Waals surface area contributed by atoms with Crippen LogP contribution in [0.4, 0.5) is 5.13 Å². The largest absolute Gasteiger partial charge is 0.550 e. The number of benzene rings is 1. The molecule has 128 valence electrons. The van der Waals surface area contributed by atoms with Crippen LogP contribution < -0.4 is 10.4 Å². The fraction of sp³-hybridized carbons (Fsp3) is 0.316. The summed E-state index contributed by atoms with van der Waals surface area (Å²) < 4.78 is 0. The number of hydrogen-bond donors (Lipinski definition) is 1. The number of carbonyl (C=O) groups is 2. The molecule has 0 unspecified atom stereocenters. The molecule has 1 N–H and O–H groups in total. The molecule has 2 aliphatic carbocycles. The van der Waals surface area contributed by atoms with E-state index in [-0.39, 0.29) is 17.7 Å². The van der Waals surface area contributed by atoms with Crippen molar-refractivity contribution in [2.75, 3.05) is 5.32 Å². The van der Waals surface area contributed by atoms with Crippen molar-refractivity contribution in [1.82, 2.24) is 4.98 Å². The first kappa shape index (κ1) is 16.0. The fourth-order valence-electron chi connectivity index (χ4n) is 4.00. The molecule has 0 radical (unpaired) electrons. The lowest BCUT2D eigenvalue weighted by molar-refractivity contribution is -0.313. The van der Waals surface area contributed by atoms with Gasteiger partial charge in [0.25, 0.3) is 0 Å². The van der Waals surface area contributed by atoms with Gasteiger partial charge in [0.15, 0.2) is 5.13 Å². The number of thiazole rings is 1. The smallest absolute Gasteiger partial charge is 0.230 e. The molecule has 1 amide bonds. The number of anilines is 1. The topological polar surface area (TPSA) is 82.1 Å². The average molecular weight is 353 g/mol. The van der Waals surface area contributed by atoms with Crippen molar-refractivity contribution in [2.24, 2.45) is 23.7 Å². The van der Waals surface area contributed by atoms with Crippen LogP contribution in [0.5, 0.6) is 0 Å². The quantitative estimate of drug-likeness (QED) is 0.855. The van der Waals surface area contributed by atoms with Crippen molar-refractivity contribution in [2.45, 2.75) is 13.3 Å². The molecule has 2 aromatic rings. The number of carbonyl (C=O) groups excluding carboxylic acids is 2. The van der Waals surface area contributed by atoms with Crippen LogP contribution in [-0.2, 0) is 9.59 Å². The molecule has 5 nitrogen and oxygen atoms in total. The molecule has 0 spiro atoms. The summed E-state index contributed by atoms with van der Waals surface area (Å²) in [5.74, 6) is -2.86. The molecule has 6 heteroatoms. The monoisotopic (exact) mass is 353 g/mol. The second kappa shape index (κ2) is 6.11. The van der Waals surface area contributed by atoms with Crippen molar-refractivity contribution in [3.63, 3.8) is 0 Å². The van der Waals surface area contributed by atoms with Crippen molar-refractivity contribution < 1.29 is 14.7 Å². The Morgan fingerprint density at radius 3 is 2.52 bits per heavy atom. The molecule has 1 saturated carbocycles. The van der Waals surface area contributed by atoms with Gasteiger partial charge in [-0.25, -0.2) is 4.98 Å². The number of nitrogens with one attached hydrogen (secondary N) is 1. The summed E-state index contributed by atoms with van der Waals surface area (Å²) in [6.45, 7) is 1.96. The zero-order valence-corrected chi connectivity index (χ0v) is 14.5. The highest BCUT2D eigenvalue weighted by Gasteiger charge is 2.48. The minimum atomic E-state index is -1.14. The van der Waals surface area contributed by atoms with Gasteiger partial charge >= 0.3 is 0 Å². The minimum absolute atomic E-state index is 0.0254. The van der Waals surface area contributed by atoms with E-state index in [0.717, 1.165) is 16.1 Å². The summed E-state index contributed by atoms with van der Waals surface area (Å²) in [7, 11) is 0. The second-order valence-corrected chi connectivity index (χ2v) is 7.80. The molecule has 1 fully saturated rings. The van der Waals surface area contributed by atoms with Crippen molar-refractivity contribution in [3.05, 3.63) is 47.4 Å². The van der Waals surface area contributed by atoms with Gasteiger partial charge in [0.1, 0.15) is 0 Å². The third kappa shape index (κ3) is 2.76. The number of rotatable bonds is 4. The van der Waals surface area contributed by atoms with Crippen LogP contribution in [0.15, 0.2) is 42.5 Å². The van der Waals surface area contributed by atoms with Crippen LogP contribution in [0.3, 0.4) is 0 Å². The van der Waals surface area contributed by atoms with Crippen LogP contribution in [0, 0.1) is 30.6 Å². The number of amides is 1. The fourth-order valence-corrected chi connectivity index (χ4v) is 4.84. The summed E-state index contributed by atoms with van der Waals surface area (Å²) in [6.07, 6.45) is 4.57. The number of aliphatic carboxylic acids is 1. The standard InChI is InChI=1S/C19H18N2O3S/c1-10-16(11-5-3-2-4-6-11)20-19(25-10)21-17(22)14-12-7-8-13(9-12)15(14)18(23)24/h2-8,12-15H,9H2,1H3,(H,23,24)(H,20,21,22)/p-1/t12-,13-,14+,15-/m0/s1. The van der Waals surface area contributed by atoms with Crippen LogP contribution in [0.2, 0.25) is 0 Å². The first-order chi connectivity index (χ1) is 12.0. The molecule has 1 aromatic heterocycles. The first-order valence-corrected chi connectivity index (χ1v) is 9.09. The van der Waals surface area contributed by atoms with E-state index in [1.807, 2.05) is 49.4 Å². The van der Waals surface area contributed by atoms with Crippen LogP contribution in [-0.4, -0.2) is 16.9 Å². The number of carboxylic acids is 1. The summed E-state index contributed by atoms with van der Waals surface area (Å²) in [4.78, 5) is 29.7. The average Bonchev–Trinajstić information content (AvgIpc) is 3.29. The third-order valence-corrected chi connectivity index (χ3v) is 5.99. The summed E-state index contributed by atoms with van der Waals surface area (Å²) in [5, 5.41) is 14.8. The van der Waals surface area contributed by atoms with Gasteiger partial charge in [-0.1, -0.05) is 42.5 Å². The summed E-state index contributed by atoms with van der Waals surface area (Å²) in [5.41, 5.74) is 1.83. The Hall–Kier alpha value is -2.47.